The van der Waals surface area contributed by atoms with E-state index < -0.39 is 0 Å². The molecule has 0 amide bonds. The zero-order chi connectivity index (χ0) is 7.56. The third kappa shape index (κ3) is 1.87. The van der Waals surface area contributed by atoms with Crippen molar-refractivity contribution in [1.82, 2.24) is 0 Å². The summed E-state index contributed by atoms with van der Waals surface area (Å²) in [5.74, 6) is 0. The van der Waals surface area contributed by atoms with Crippen LogP contribution in [-0.2, 0) is 5.28 Å². The second kappa shape index (κ2) is 3.23. The van der Waals surface area contributed by atoms with Crippen molar-refractivity contribution in [1.29, 1.82) is 0 Å². The molecule has 10 heavy (non-hydrogen) atoms. The number of benzene rings is 1. The van der Waals surface area contributed by atoms with Gasteiger partial charge >= 0.3 is 0 Å². The molecule has 0 aromatic heterocycles. The molecule has 0 saturated carbocycles. The molecular formula is C9H11Al. The highest BCUT2D eigenvalue weighted by Crippen LogP contribution is 2.07. The molecule has 50 valence electrons. The molecule has 0 unspecified atom stereocenters. The topological polar surface area (TPSA) is 0 Å². The van der Waals surface area contributed by atoms with Gasteiger partial charge in [0.25, 0.3) is 0 Å². The smallest absolute Gasteiger partial charge is 0.0945 e. The molecule has 0 nitrogen and oxygen atoms in total. The Morgan fingerprint density at radius 1 is 1.10 bits per heavy atom. The maximum absolute atomic E-state index is 2.74. The zero-order valence-corrected chi connectivity index (χ0v) is 7.67. The Balaban J connectivity index is 3.06. The standard InChI is InChI=1S/C9H11.Al/c1-7-4-8(2)6-9(3)5-7;/h4-6H,1H2,2-3H3;. The quantitative estimate of drug-likeness (QED) is 0.531. The maximum Gasteiger partial charge on any atom is 0.125 e. The Morgan fingerprint density at radius 3 is 2.00 bits per heavy atom. The predicted octanol–water partition coefficient (Wildman–Crippen LogP) is 1.97. The Kier molecular flexibility index (Phi) is 2.54. The van der Waals surface area contributed by atoms with Crippen molar-refractivity contribution in [3.05, 3.63) is 34.9 Å². The molecule has 0 saturated heterocycles. The van der Waals surface area contributed by atoms with E-state index in [1.807, 2.05) is 0 Å². The molecule has 1 rings (SSSR count). The summed E-state index contributed by atoms with van der Waals surface area (Å²) >= 11 is 2.74. The van der Waals surface area contributed by atoms with Crippen molar-refractivity contribution in [2.75, 3.05) is 0 Å². The van der Waals surface area contributed by atoms with E-state index in [0.717, 1.165) is 5.28 Å². The van der Waals surface area contributed by atoms with E-state index in [1.54, 1.807) is 0 Å². The summed E-state index contributed by atoms with van der Waals surface area (Å²) in [6, 6.07) is 6.64. The first-order valence-corrected chi connectivity index (χ1v) is 4.31. The lowest BCUT2D eigenvalue weighted by Crippen LogP contribution is -1.86. The summed E-state index contributed by atoms with van der Waals surface area (Å²) in [5.41, 5.74) is 4.12. The average Bonchev–Trinajstić information content (AvgIpc) is 1.85. The summed E-state index contributed by atoms with van der Waals surface area (Å²) in [6.45, 7) is 4.27. The Labute approximate surface area is 70.7 Å². The molecule has 0 aliphatic carbocycles. The minimum absolute atomic E-state index is 1.06. The van der Waals surface area contributed by atoms with E-state index in [1.165, 1.54) is 16.7 Å². The van der Waals surface area contributed by atoms with E-state index in [9.17, 15) is 0 Å². The van der Waals surface area contributed by atoms with Crippen molar-refractivity contribution in [3.8, 4) is 0 Å². The van der Waals surface area contributed by atoms with Gasteiger partial charge in [-0.15, -0.1) is 0 Å². The fraction of sp³-hybridized carbons (Fsp3) is 0.333. The van der Waals surface area contributed by atoms with Gasteiger partial charge in [0.15, 0.2) is 0 Å². The molecule has 0 heterocycles. The van der Waals surface area contributed by atoms with Gasteiger partial charge in [-0.1, -0.05) is 40.2 Å². The number of rotatable bonds is 1. The van der Waals surface area contributed by atoms with Crippen LogP contribution in [0.4, 0.5) is 0 Å². The third-order valence-electron chi connectivity index (χ3n) is 1.52. The van der Waals surface area contributed by atoms with Crippen LogP contribution in [0.3, 0.4) is 0 Å². The molecule has 0 bridgehead atoms. The van der Waals surface area contributed by atoms with E-state index in [-0.39, 0.29) is 0 Å². The van der Waals surface area contributed by atoms with E-state index in [2.05, 4.69) is 48.3 Å². The van der Waals surface area contributed by atoms with Crippen LogP contribution >= 0.6 is 0 Å². The van der Waals surface area contributed by atoms with Crippen molar-refractivity contribution in [2.45, 2.75) is 19.1 Å². The highest BCUT2D eigenvalue weighted by molar-refractivity contribution is 6.08. The zero-order valence-electron chi connectivity index (χ0n) is 6.52. The van der Waals surface area contributed by atoms with Crippen molar-refractivity contribution >= 4 is 16.3 Å². The van der Waals surface area contributed by atoms with E-state index in [4.69, 9.17) is 0 Å². The van der Waals surface area contributed by atoms with E-state index >= 15 is 0 Å². The summed E-state index contributed by atoms with van der Waals surface area (Å²) in [7, 11) is 0. The monoisotopic (exact) mass is 146 g/mol. The van der Waals surface area contributed by atoms with Gasteiger partial charge in [-0.25, -0.2) is 0 Å². The van der Waals surface area contributed by atoms with Crippen LogP contribution in [0.2, 0.25) is 0 Å². The van der Waals surface area contributed by atoms with E-state index in [0.29, 0.717) is 0 Å². The molecule has 1 heteroatoms. The van der Waals surface area contributed by atoms with Crippen LogP contribution in [-0.4, -0.2) is 16.3 Å². The number of aryl methyl sites for hydroxylation is 2. The first-order valence-electron chi connectivity index (χ1n) is 3.49. The summed E-state index contributed by atoms with van der Waals surface area (Å²) in [4.78, 5) is 0. The number of hydrogen-bond donors (Lipinski definition) is 0. The van der Waals surface area contributed by atoms with Gasteiger partial charge in [0.05, 0.1) is 0 Å². The molecule has 0 aliphatic rings. The SMILES string of the molecule is Cc1cc(C)cc([CH2][Al])c1. The van der Waals surface area contributed by atoms with Gasteiger partial charge in [0.2, 0.25) is 0 Å². The lowest BCUT2D eigenvalue weighted by molar-refractivity contribution is 1.29. The van der Waals surface area contributed by atoms with Gasteiger partial charge in [-0.2, -0.15) is 0 Å². The molecule has 0 fully saturated rings. The lowest BCUT2D eigenvalue weighted by Gasteiger charge is -2.00. The summed E-state index contributed by atoms with van der Waals surface area (Å²) in [6.07, 6.45) is 0. The van der Waals surface area contributed by atoms with Gasteiger partial charge in [-0.05, 0) is 13.8 Å². The average molecular weight is 146 g/mol. The van der Waals surface area contributed by atoms with Crippen molar-refractivity contribution in [2.24, 2.45) is 0 Å². The molecule has 1 aromatic carbocycles. The normalized spacial score (nSPS) is 9.80. The van der Waals surface area contributed by atoms with Crippen molar-refractivity contribution < 1.29 is 0 Å². The fourth-order valence-corrected chi connectivity index (χ4v) is 1.42. The van der Waals surface area contributed by atoms with Crippen molar-refractivity contribution in [3.63, 3.8) is 0 Å². The van der Waals surface area contributed by atoms with Crippen LogP contribution in [0.1, 0.15) is 16.7 Å². The fourth-order valence-electron chi connectivity index (χ4n) is 1.19. The summed E-state index contributed by atoms with van der Waals surface area (Å²) in [5, 5.41) is 1.06. The van der Waals surface area contributed by atoms with Gasteiger partial charge in [0.1, 0.15) is 16.3 Å². The van der Waals surface area contributed by atoms with Crippen LogP contribution in [0, 0.1) is 13.8 Å². The molecule has 0 aliphatic heterocycles. The minimum atomic E-state index is 1.06. The molecule has 0 atom stereocenters. The lowest BCUT2D eigenvalue weighted by atomic mass is 10.1. The largest absolute Gasteiger partial charge is 0.125 e. The van der Waals surface area contributed by atoms with Crippen LogP contribution < -0.4 is 0 Å². The first kappa shape index (κ1) is 7.86. The van der Waals surface area contributed by atoms with Gasteiger partial charge < -0.3 is 0 Å². The third-order valence-corrected chi connectivity index (χ3v) is 1.99. The molecule has 2 radical (unpaired) electrons. The second-order valence-corrected chi connectivity index (χ2v) is 3.11. The first-order chi connectivity index (χ1) is 4.72. The van der Waals surface area contributed by atoms with Crippen LogP contribution in [0.15, 0.2) is 18.2 Å². The predicted molar refractivity (Wildman–Crippen MR) is 45.4 cm³/mol. The Morgan fingerprint density at radius 2 is 1.60 bits per heavy atom. The maximum atomic E-state index is 2.74. The Bertz CT molecular complexity index is 208. The highest BCUT2D eigenvalue weighted by atomic mass is 27.0. The van der Waals surface area contributed by atoms with Gasteiger partial charge in [0, 0.05) is 0 Å². The number of hydrogen-bond acceptors (Lipinski definition) is 0. The Hall–Kier alpha value is -0.248. The second-order valence-electron chi connectivity index (χ2n) is 2.70. The van der Waals surface area contributed by atoms with Crippen LogP contribution in [0.25, 0.3) is 0 Å². The van der Waals surface area contributed by atoms with Gasteiger partial charge in [-0.3, -0.25) is 0 Å². The highest BCUT2D eigenvalue weighted by Gasteiger charge is 1.90. The summed E-state index contributed by atoms with van der Waals surface area (Å²) < 4.78 is 0. The van der Waals surface area contributed by atoms with Crippen LogP contribution in [0.5, 0.6) is 0 Å². The molecule has 0 N–H and O–H groups in total. The molecule has 1 aromatic rings. The molecular weight excluding hydrogens is 135 g/mol. The minimum Gasteiger partial charge on any atom is -0.0945 e. The molecule has 0 spiro atoms.